The van der Waals surface area contributed by atoms with Crippen LogP contribution in [0.15, 0.2) is 53.4 Å². The van der Waals surface area contributed by atoms with Crippen molar-refractivity contribution in [3.8, 4) is 6.07 Å². The maximum absolute atomic E-state index is 12.9. The van der Waals surface area contributed by atoms with E-state index in [-0.39, 0.29) is 10.9 Å². The summed E-state index contributed by atoms with van der Waals surface area (Å²) in [5.41, 5.74) is 2.11. The van der Waals surface area contributed by atoms with E-state index >= 15 is 0 Å². The van der Waals surface area contributed by atoms with Gasteiger partial charge in [0.15, 0.2) is 0 Å². The third-order valence-electron chi connectivity index (χ3n) is 3.66. The molecule has 1 aliphatic rings. The summed E-state index contributed by atoms with van der Waals surface area (Å²) in [7, 11) is -3.65. The third kappa shape index (κ3) is 2.18. The van der Waals surface area contributed by atoms with Crippen LogP contribution in [-0.2, 0) is 16.4 Å². The standard InChI is InChI=1S/C16H14N2O2S/c1-12-9-14-6-2-3-8-16(14)18(12)21(19,20)15-7-4-5-13(10-15)11-17/h2-8,10,12H,9H2,1H3/t12-/m0/s1. The van der Waals surface area contributed by atoms with Gasteiger partial charge in [-0.25, -0.2) is 8.42 Å². The Balaban J connectivity index is 2.13. The van der Waals surface area contributed by atoms with Crippen molar-refractivity contribution in [3.05, 3.63) is 59.7 Å². The molecule has 4 nitrogen and oxygen atoms in total. The molecule has 1 heterocycles. The average Bonchev–Trinajstić information content (AvgIpc) is 2.83. The molecule has 3 rings (SSSR count). The highest BCUT2D eigenvalue weighted by Crippen LogP contribution is 2.36. The predicted octanol–water partition coefficient (Wildman–Crippen LogP) is 2.70. The summed E-state index contributed by atoms with van der Waals surface area (Å²) < 4.78 is 27.2. The second-order valence-corrected chi connectivity index (χ2v) is 6.94. The summed E-state index contributed by atoms with van der Waals surface area (Å²) in [5, 5.41) is 8.94. The number of nitrogens with zero attached hydrogens (tertiary/aromatic N) is 2. The van der Waals surface area contributed by atoms with E-state index in [1.54, 1.807) is 12.1 Å². The van der Waals surface area contributed by atoms with Crippen LogP contribution in [0.1, 0.15) is 18.1 Å². The van der Waals surface area contributed by atoms with Gasteiger partial charge in [0.2, 0.25) is 0 Å². The fourth-order valence-electron chi connectivity index (χ4n) is 2.74. The Kier molecular flexibility index (Phi) is 3.19. The molecule has 0 amide bonds. The van der Waals surface area contributed by atoms with Crippen LogP contribution in [0.3, 0.4) is 0 Å². The number of rotatable bonds is 2. The van der Waals surface area contributed by atoms with Crippen LogP contribution in [0.25, 0.3) is 0 Å². The molecule has 5 heteroatoms. The van der Waals surface area contributed by atoms with Crippen LogP contribution in [0.2, 0.25) is 0 Å². The SMILES string of the molecule is C[C@H]1Cc2ccccc2N1S(=O)(=O)c1cccc(C#N)c1. The Morgan fingerprint density at radius 1 is 1.19 bits per heavy atom. The summed E-state index contributed by atoms with van der Waals surface area (Å²) in [4.78, 5) is 0.158. The van der Waals surface area contributed by atoms with Crippen LogP contribution in [0.4, 0.5) is 5.69 Å². The number of hydrogen-bond donors (Lipinski definition) is 0. The highest BCUT2D eigenvalue weighted by atomic mass is 32.2. The highest BCUT2D eigenvalue weighted by molar-refractivity contribution is 7.92. The van der Waals surface area contributed by atoms with Crippen molar-refractivity contribution in [1.82, 2.24) is 0 Å². The van der Waals surface area contributed by atoms with E-state index in [1.165, 1.54) is 16.4 Å². The molecule has 0 fully saturated rings. The van der Waals surface area contributed by atoms with E-state index in [2.05, 4.69) is 0 Å². The summed E-state index contributed by atoms with van der Waals surface area (Å²) in [5.74, 6) is 0. The molecule has 21 heavy (non-hydrogen) atoms. The first-order chi connectivity index (χ1) is 10.0. The molecule has 0 saturated heterocycles. The molecule has 2 aromatic rings. The highest BCUT2D eigenvalue weighted by Gasteiger charge is 2.35. The minimum atomic E-state index is -3.65. The molecule has 1 atom stereocenters. The lowest BCUT2D eigenvalue weighted by Gasteiger charge is -2.24. The van der Waals surface area contributed by atoms with Crippen molar-refractivity contribution < 1.29 is 8.42 Å². The van der Waals surface area contributed by atoms with Crippen LogP contribution < -0.4 is 4.31 Å². The van der Waals surface area contributed by atoms with Gasteiger partial charge in [-0.1, -0.05) is 24.3 Å². The predicted molar refractivity (Wildman–Crippen MR) is 80.4 cm³/mol. The Morgan fingerprint density at radius 3 is 2.71 bits per heavy atom. The number of anilines is 1. The maximum Gasteiger partial charge on any atom is 0.264 e. The number of benzene rings is 2. The lowest BCUT2D eigenvalue weighted by atomic mass is 10.1. The van der Waals surface area contributed by atoms with Crippen LogP contribution in [-0.4, -0.2) is 14.5 Å². The topological polar surface area (TPSA) is 61.2 Å². The minimum Gasteiger partial charge on any atom is -0.263 e. The van der Waals surface area contributed by atoms with Gasteiger partial charge in [-0.15, -0.1) is 0 Å². The van der Waals surface area contributed by atoms with Crippen LogP contribution in [0, 0.1) is 11.3 Å². The Bertz CT molecular complexity index is 837. The molecule has 0 bridgehead atoms. The monoisotopic (exact) mass is 298 g/mol. The lowest BCUT2D eigenvalue weighted by molar-refractivity contribution is 0.584. The molecular formula is C16H14N2O2S. The summed E-state index contributed by atoms with van der Waals surface area (Å²) in [6, 6.07) is 15.5. The molecule has 0 saturated carbocycles. The van der Waals surface area contributed by atoms with Gasteiger partial charge in [0.1, 0.15) is 0 Å². The zero-order valence-corrected chi connectivity index (χ0v) is 12.3. The fraction of sp³-hybridized carbons (Fsp3) is 0.188. The number of nitriles is 1. The Morgan fingerprint density at radius 2 is 1.95 bits per heavy atom. The van der Waals surface area contributed by atoms with Gasteiger partial charge >= 0.3 is 0 Å². The number of fused-ring (bicyclic) bond motifs is 1. The third-order valence-corrected chi connectivity index (χ3v) is 5.59. The van der Waals surface area contributed by atoms with Crippen molar-refractivity contribution in [2.24, 2.45) is 0 Å². The number of para-hydroxylation sites is 1. The van der Waals surface area contributed by atoms with Gasteiger partial charge in [0, 0.05) is 6.04 Å². The van der Waals surface area contributed by atoms with Gasteiger partial charge in [0.25, 0.3) is 10.0 Å². The second-order valence-electron chi connectivity index (χ2n) is 5.12. The molecule has 106 valence electrons. The molecule has 2 aromatic carbocycles. The van der Waals surface area contributed by atoms with Crippen molar-refractivity contribution in [1.29, 1.82) is 5.26 Å². The maximum atomic E-state index is 12.9. The quantitative estimate of drug-likeness (QED) is 0.856. The van der Waals surface area contributed by atoms with Gasteiger partial charge in [-0.05, 0) is 43.2 Å². The molecule has 0 aliphatic carbocycles. The van der Waals surface area contributed by atoms with E-state index in [1.807, 2.05) is 37.3 Å². The zero-order valence-electron chi connectivity index (χ0n) is 11.5. The first-order valence-electron chi connectivity index (χ1n) is 6.66. The smallest absolute Gasteiger partial charge is 0.263 e. The zero-order chi connectivity index (χ0) is 15.0. The Labute approximate surface area is 124 Å². The summed E-state index contributed by atoms with van der Waals surface area (Å²) >= 11 is 0. The number of hydrogen-bond acceptors (Lipinski definition) is 3. The van der Waals surface area contributed by atoms with E-state index in [4.69, 9.17) is 5.26 Å². The van der Waals surface area contributed by atoms with E-state index in [0.29, 0.717) is 12.0 Å². The largest absolute Gasteiger partial charge is 0.264 e. The van der Waals surface area contributed by atoms with Crippen molar-refractivity contribution >= 4 is 15.7 Å². The van der Waals surface area contributed by atoms with Gasteiger partial charge in [0.05, 0.1) is 22.2 Å². The van der Waals surface area contributed by atoms with Gasteiger partial charge < -0.3 is 0 Å². The molecule has 0 N–H and O–H groups in total. The molecule has 0 radical (unpaired) electrons. The van der Waals surface area contributed by atoms with Gasteiger partial charge in [-0.2, -0.15) is 5.26 Å². The molecule has 0 unspecified atom stereocenters. The van der Waals surface area contributed by atoms with Crippen LogP contribution >= 0.6 is 0 Å². The average molecular weight is 298 g/mol. The van der Waals surface area contributed by atoms with Crippen molar-refractivity contribution in [2.45, 2.75) is 24.3 Å². The second kappa shape index (κ2) is 4.90. The van der Waals surface area contributed by atoms with E-state index in [9.17, 15) is 8.42 Å². The van der Waals surface area contributed by atoms with E-state index < -0.39 is 10.0 Å². The molecule has 0 spiro atoms. The molecular weight excluding hydrogens is 284 g/mol. The van der Waals surface area contributed by atoms with Gasteiger partial charge in [-0.3, -0.25) is 4.31 Å². The molecule has 1 aliphatic heterocycles. The van der Waals surface area contributed by atoms with Crippen molar-refractivity contribution in [3.63, 3.8) is 0 Å². The first-order valence-corrected chi connectivity index (χ1v) is 8.10. The minimum absolute atomic E-state index is 0.127. The Hall–Kier alpha value is -2.32. The first kappa shape index (κ1) is 13.7. The molecule has 0 aromatic heterocycles. The van der Waals surface area contributed by atoms with E-state index in [0.717, 1.165) is 11.3 Å². The van der Waals surface area contributed by atoms with Crippen molar-refractivity contribution in [2.75, 3.05) is 4.31 Å². The summed E-state index contributed by atoms with van der Waals surface area (Å²) in [6.07, 6.45) is 0.702. The van der Waals surface area contributed by atoms with Crippen LogP contribution in [0.5, 0.6) is 0 Å². The summed E-state index contributed by atoms with van der Waals surface area (Å²) in [6.45, 7) is 1.89. The normalized spacial score (nSPS) is 17.3. The lowest BCUT2D eigenvalue weighted by Crippen LogP contribution is -2.35. The number of sulfonamides is 1. The fourth-order valence-corrected chi connectivity index (χ4v) is 4.48.